The molecule has 6 rings (SSSR count). The highest BCUT2D eigenvalue weighted by Gasteiger charge is 2.21. The highest BCUT2D eigenvalue weighted by molar-refractivity contribution is 6.04. The standard InChI is InChI=1S/C28H25N7O3/c1-17(18-5-8-21(37-3)9-6-18)35-26-22-11-19(7-10-23(22)29-14-25(26)33(2)28(35)36)20-12-24(27(38-4)30-13-20)34-15-31-32-16-34/h5-17H,1-4H3/t17-/m1/s1. The molecule has 4 heterocycles. The van der Waals surface area contributed by atoms with Gasteiger partial charge in [0.15, 0.2) is 0 Å². The Morgan fingerprint density at radius 1 is 0.868 bits per heavy atom. The Morgan fingerprint density at radius 3 is 2.34 bits per heavy atom. The third-order valence-electron chi connectivity index (χ3n) is 6.96. The fourth-order valence-corrected chi connectivity index (χ4v) is 4.86. The summed E-state index contributed by atoms with van der Waals surface area (Å²) in [5, 5.41) is 8.68. The average molecular weight is 508 g/mol. The van der Waals surface area contributed by atoms with Crippen LogP contribution in [0, 0.1) is 0 Å². The van der Waals surface area contributed by atoms with Crippen molar-refractivity contribution in [2.24, 2.45) is 7.05 Å². The maximum absolute atomic E-state index is 13.5. The number of rotatable bonds is 6. The molecule has 0 aliphatic carbocycles. The number of benzene rings is 2. The number of methoxy groups -OCH3 is 2. The Balaban J connectivity index is 1.56. The zero-order valence-corrected chi connectivity index (χ0v) is 21.4. The SMILES string of the molecule is COc1ccc([C@@H](C)n2c(=O)n(C)c3cnc4ccc(-c5cnc(OC)c(-n6cnnc6)c5)cc4c32)cc1. The number of nitrogens with zero attached hydrogens (tertiary/aromatic N) is 7. The van der Waals surface area contributed by atoms with E-state index in [4.69, 9.17) is 9.47 Å². The maximum Gasteiger partial charge on any atom is 0.329 e. The van der Waals surface area contributed by atoms with Gasteiger partial charge < -0.3 is 9.47 Å². The summed E-state index contributed by atoms with van der Waals surface area (Å²) in [4.78, 5) is 22.7. The summed E-state index contributed by atoms with van der Waals surface area (Å²) in [7, 11) is 4.99. The Labute approximate surface area is 217 Å². The Morgan fingerprint density at radius 2 is 1.63 bits per heavy atom. The summed E-state index contributed by atoms with van der Waals surface area (Å²) >= 11 is 0. The van der Waals surface area contributed by atoms with E-state index in [1.54, 1.807) is 55.4 Å². The molecular formula is C28H25N7O3. The molecule has 0 aliphatic rings. The van der Waals surface area contributed by atoms with Crippen LogP contribution >= 0.6 is 0 Å². The van der Waals surface area contributed by atoms with E-state index in [-0.39, 0.29) is 11.7 Å². The first kappa shape index (κ1) is 23.4. The quantitative estimate of drug-likeness (QED) is 0.334. The van der Waals surface area contributed by atoms with Gasteiger partial charge in [-0.3, -0.25) is 18.7 Å². The molecule has 0 radical (unpaired) electrons. The van der Waals surface area contributed by atoms with E-state index >= 15 is 0 Å². The highest BCUT2D eigenvalue weighted by atomic mass is 16.5. The van der Waals surface area contributed by atoms with Crippen molar-refractivity contribution in [2.45, 2.75) is 13.0 Å². The molecule has 10 heteroatoms. The van der Waals surface area contributed by atoms with Gasteiger partial charge in [0.05, 0.1) is 43.0 Å². The fourth-order valence-electron chi connectivity index (χ4n) is 4.86. The minimum atomic E-state index is -0.214. The van der Waals surface area contributed by atoms with Crippen LogP contribution < -0.4 is 15.2 Å². The molecule has 1 atom stereocenters. The maximum atomic E-state index is 13.5. The van der Waals surface area contributed by atoms with Gasteiger partial charge in [-0.1, -0.05) is 18.2 Å². The summed E-state index contributed by atoms with van der Waals surface area (Å²) in [6.45, 7) is 2.03. The molecular weight excluding hydrogens is 482 g/mol. The number of ether oxygens (including phenoxy) is 2. The monoisotopic (exact) mass is 507 g/mol. The van der Waals surface area contributed by atoms with Gasteiger partial charge in [-0.05, 0) is 48.4 Å². The molecule has 0 amide bonds. The van der Waals surface area contributed by atoms with Crippen molar-refractivity contribution in [1.29, 1.82) is 0 Å². The van der Waals surface area contributed by atoms with Crippen molar-refractivity contribution in [3.63, 3.8) is 0 Å². The Kier molecular flexibility index (Phi) is 5.64. The van der Waals surface area contributed by atoms with Crippen molar-refractivity contribution in [1.82, 2.24) is 33.9 Å². The van der Waals surface area contributed by atoms with Gasteiger partial charge in [-0.15, -0.1) is 10.2 Å². The minimum Gasteiger partial charge on any atom is -0.497 e. The lowest BCUT2D eigenvalue weighted by atomic mass is 10.0. The summed E-state index contributed by atoms with van der Waals surface area (Å²) in [6, 6.07) is 15.6. The topological polar surface area (TPSA) is 102 Å². The second kappa shape index (κ2) is 9.15. The molecule has 0 aliphatic heterocycles. The molecule has 0 saturated heterocycles. The van der Waals surface area contributed by atoms with Crippen LogP contribution in [0.5, 0.6) is 11.6 Å². The Hall–Kier alpha value is -4.99. The van der Waals surface area contributed by atoms with Gasteiger partial charge in [-0.2, -0.15) is 0 Å². The molecule has 0 N–H and O–H groups in total. The third-order valence-corrected chi connectivity index (χ3v) is 6.96. The normalized spacial score (nSPS) is 12.2. The molecule has 0 saturated carbocycles. The van der Waals surface area contributed by atoms with E-state index in [1.807, 2.05) is 54.0 Å². The van der Waals surface area contributed by atoms with Crippen molar-refractivity contribution in [3.05, 3.63) is 89.6 Å². The zero-order chi connectivity index (χ0) is 26.4. The van der Waals surface area contributed by atoms with Crippen molar-refractivity contribution >= 4 is 21.9 Å². The van der Waals surface area contributed by atoms with E-state index in [0.717, 1.165) is 50.1 Å². The number of pyridine rings is 2. The summed E-state index contributed by atoms with van der Waals surface area (Å²) in [5.74, 6) is 1.23. The number of aryl methyl sites for hydroxylation is 1. The molecule has 0 fully saturated rings. The van der Waals surface area contributed by atoms with Crippen molar-refractivity contribution in [3.8, 4) is 28.4 Å². The first-order valence-electron chi connectivity index (χ1n) is 12.0. The predicted molar refractivity (Wildman–Crippen MR) is 144 cm³/mol. The second-order valence-corrected chi connectivity index (χ2v) is 9.01. The number of hydrogen-bond donors (Lipinski definition) is 0. The van der Waals surface area contributed by atoms with E-state index in [9.17, 15) is 4.79 Å². The van der Waals surface area contributed by atoms with E-state index in [0.29, 0.717) is 5.88 Å². The van der Waals surface area contributed by atoms with Crippen LogP contribution in [0.1, 0.15) is 18.5 Å². The molecule has 0 spiro atoms. The van der Waals surface area contributed by atoms with Gasteiger partial charge in [-0.25, -0.2) is 9.78 Å². The molecule has 10 nitrogen and oxygen atoms in total. The zero-order valence-electron chi connectivity index (χ0n) is 21.4. The fraction of sp³-hybridized carbons (Fsp3) is 0.179. The van der Waals surface area contributed by atoms with Gasteiger partial charge in [0.2, 0.25) is 5.88 Å². The second-order valence-electron chi connectivity index (χ2n) is 9.01. The molecule has 0 bridgehead atoms. The first-order valence-corrected chi connectivity index (χ1v) is 12.0. The number of hydrogen-bond acceptors (Lipinski definition) is 7. The Bertz CT molecular complexity index is 1840. The molecule has 2 aromatic carbocycles. The van der Waals surface area contributed by atoms with Gasteiger partial charge in [0.1, 0.15) is 24.1 Å². The van der Waals surface area contributed by atoms with E-state index < -0.39 is 0 Å². The molecule has 190 valence electrons. The summed E-state index contributed by atoms with van der Waals surface area (Å²) < 4.78 is 16.0. The minimum absolute atomic E-state index is 0.107. The van der Waals surface area contributed by atoms with Crippen LogP contribution in [0.3, 0.4) is 0 Å². The van der Waals surface area contributed by atoms with Crippen LogP contribution in [0.2, 0.25) is 0 Å². The molecule has 6 aromatic rings. The van der Waals surface area contributed by atoms with Crippen molar-refractivity contribution in [2.75, 3.05) is 14.2 Å². The van der Waals surface area contributed by atoms with Crippen LogP contribution in [0.15, 0.2) is 78.4 Å². The number of fused-ring (bicyclic) bond motifs is 3. The van der Waals surface area contributed by atoms with E-state index in [2.05, 4.69) is 26.2 Å². The highest BCUT2D eigenvalue weighted by Crippen LogP contribution is 2.33. The van der Waals surface area contributed by atoms with Crippen LogP contribution in [-0.4, -0.2) is 48.1 Å². The predicted octanol–water partition coefficient (Wildman–Crippen LogP) is 4.16. The lowest BCUT2D eigenvalue weighted by Gasteiger charge is -2.16. The third kappa shape index (κ3) is 3.69. The van der Waals surface area contributed by atoms with Crippen LogP contribution in [-0.2, 0) is 7.05 Å². The molecule has 38 heavy (non-hydrogen) atoms. The van der Waals surface area contributed by atoms with Crippen molar-refractivity contribution < 1.29 is 9.47 Å². The van der Waals surface area contributed by atoms with Crippen LogP contribution in [0.4, 0.5) is 0 Å². The summed E-state index contributed by atoms with van der Waals surface area (Å²) in [6.07, 6.45) is 6.72. The largest absolute Gasteiger partial charge is 0.497 e. The first-order chi connectivity index (χ1) is 18.5. The number of aromatic nitrogens is 7. The van der Waals surface area contributed by atoms with Crippen LogP contribution in [0.25, 0.3) is 38.8 Å². The molecule has 4 aromatic heterocycles. The average Bonchev–Trinajstić information content (AvgIpc) is 3.59. The summed E-state index contributed by atoms with van der Waals surface area (Å²) in [5.41, 5.74) is 5.80. The lowest BCUT2D eigenvalue weighted by molar-refractivity contribution is 0.396. The lowest BCUT2D eigenvalue weighted by Crippen LogP contribution is -2.25. The van der Waals surface area contributed by atoms with E-state index in [1.165, 1.54) is 0 Å². The van der Waals surface area contributed by atoms with Gasteiger partial charge in [0, 0.05) is 24.2 Å². The number of imidazole rings is 1. The smallest absolute Gasteiger partial charge is 0.329 e. The van der Waals surface area contributed by atoms with Gasteiger partial charge in [0.25, 0.3) is 0 Å². The van der Waals surface area contributed by atoms with Gasteiger partial charge >= 0.3 is 5.69 Å². The molecule has 0 unspecified atom stereocenters.